The average Bonchev–Trinajstić information content (AvgIpc) is 1.69. The van der Waals surface area contributed by atoms with Gasteiger partial charge in [-0.3, -0.25) is 52.7 Å². The predicted octanol–water partition coefficient (Wildman–Crippen LogP) is 6.58. The molecule has 0 aromatic rings. The SMILES string of the molecule is CCO[C@@H]1C[C@H]2C(=O)NC3(CCCC3)C(=O)N(C)[C@@H](C3CCCC3)C(=O)N(C)[C@H](C)CC(=O)N(C)[C@@H](CC(C)C)C(=O)N[C@@H]([C@@H](C)CC)C(=O)N(C)CC(=O)N(C)CC(=O)N(C)[C@@H](CC3CCC(C(F)(F)F)CC3)C(=O)N(C)CC(=O)N[C@@H](CCC3CC(F)C(C(F)(F)F)C(F)C3)C(=O)N2C1. The lowest BCUT2D eigenvalue weighted by molar-refractivity contribution is -0.219. The third-order valence-electron chi connectivity index (χ3n) is 22.5. The van der Waals surface area contributed by atoms with Crippen LogP contribution in [-0.2, 0) is 57.5 Å². The van der Waals surface area contributed by atoms with Crippen molar-refractivity contribution in [3.63, 3.8) is 0 Å². The predicted molar refractivity (Wildman–Crippen MR) is 356 cm³/mol. The van der Waals surface area contributed by atoms with Crippen LogP contribution in [0, 0.1) is 41.4 Å². The highest BCUT2D eigenvalue weighted by molar-refractivity contribution is 5.99. The molecule has 6 rings (SSSR count). The number of rotatable bonds is 12. The minimum absolute atomic E-state index is 0.00515. The second-order valence-electron chi connectivity index (χ2n) is 30.3. The Labute approximate surface area is 589 Å². The number of amides is 11. The second-order valence-corrected chi connectivity index (χ2v) is 30.3. The first-order valence-electron chi connectivity index (χ1n) is 36.2. The van der Waals surface area contributed by atoms with Crippen LogP contribution in [0.5, 0.6) is 0 Å². The van der Waals surface area contributed by atoms with Crippen molar-refractivity contribution in [2.45, 2.75) is 255 Å². The zero-order valence-corrected chi connectivity index (χ0v) is 61.2. The van der Waals surface area contributed by atoms with Gasteiger partial charge < -0.3 is 59.9 Å². The van der Waals surface area contributed by atoms with E-state index in [2.05, 4.69) is 16.0 Å². The van der Waals surface area contributed by atoms with Crippen molar-refractivity contribution in [1.82, 2.24) is 55.1 Å². The smallest absolute Gasteiger partial charge is 0.377 e. The molecule has 3 N–H and O–H groups in total. The van der Waals surface area contributed by atoms with E-state index in [4.69, 9.17) is 4.74 Å². The third-order valence-corrected chi connectivity index (χ3v) is 22.5. The Bertz CT molecular complexity index is 2900. The van der Waals surface area contributed by atoms with Crippen LogP contribution in [0.1, 0.15) is 176 Å². The molecule has 0 radical (unpaired) electrons. The molecule has 0 aromatic carbocycles. The Morgan fingerprint density at radius 1 is 0.584 bits per heavy atom. The summed E-state index contributed by atoms with van der Waals surface area (Å²) in [5.41, 5.74) is -1.63. The first kappa shape index (κ1) is 83.5. The van der Waals surface area contributed by atoms with E-state index in [0.717, 1.165) is 37.3 Å². The second kappa shape index (κ2) is 35.8. The Morgan fingerprint density at radius 2 is 1.16 bits per heavy atom. The van der Waals surface area contributed by atoms with Crippen molar-refractivity contribution >= 4 is 65.0 Å². The van der Waals surface area contributed by atoms with Gasteiger partial charge in [-0.05, 0) is 133 Å². The van der Waals surface area contributed by atoms with Crippen LogP contribution >= 0.6 is 0 Å². The van der Waals surface area contributed by atoms with Gasteiger partial charge in [0, 0.05) is 81.4 Å². The molecular weight excluding hydrogens is 1340 g/mol. The summed E-state index contributed by atoms with van der Waals surface area (Å²) in [5, 5.41) is 8.46. The van der Waals surface area contributed by atoms with Gasteiger partial charge in [-0.2, -0.15) is 26.3 Å². The summed E-state index contributed by atoms with van der Waals surface area (Å²) in [5.74, 6) is -15.3. The number of hydrogen-bond acceptors (Lipinski definition) is 12. The zero-order chi connectivity index (χ0) is 75.5. The number of ether oxygens (including phenoxy) is 1. The van der Waals surface area contributed by atoms with Crippen LogP contribution in [-0.4, -0.2) is 265 Å². The summed E-state index contributed by atoms with van der Waals surface area (Å²) in [4.78, 5) is 172. The molecule has 4 saturated carbocycles. The molecule has 0 aromatic heterocycles. The number of alkyl halides is 8. The molecule has 11 atom stereocenters. The molecule has 2 unspecified atom stereocenters. The van der Waals surface area contributed by atoms with Gasteiger partial charge in [-0.1, -0.05) is 59.8 Å². The topological polar surface area (TPSA) is 259 Å². The number of fused-ring (bicyclic) bond motifs is 1. The van der Waals surface area contributed by atoms with Gasteiger partial charge in [-0.15, -0.1) is 0 Å². The summed E-state index contributed by atoms with van der Waals surface area (Å²) < 4.78 is 120. The zero-order valence-electron chi connectivity index (χ0n) is 61.2. The number of likely N-dealkylation sites (N-methyl/N-ethyl adjacent to an activating group) is 7. The van der Waals surface area contributed by atoms with E-state index in [1.165, 1.54) is 64.0 Å². The average molecular weight is 1450 g/mol. The van der Waals surface area contributed by atoms with Crippen molar-refractivity contribution in [3.8, 4) is 0 Å². The number of carbonyl (C=O) groups excluding carboxylic acids is 11. The highest BCUT2D eigenvalue weighted by Gasteiger charge is 2.55. The fourth-order valence-electron chi connectivity index (χ4n) is 15.9. The molecule has 23 nitrogen and oxygen atoms in total. The molecule has 574 valence electrons. The van der Waals surface area contributed by atoms with Crippen molar-refractivity contribution in [2.24, 2.45) is 41.4 Å². The van der Waals surface area contributed by atoms with E-state index in [0.29, 0.717) is 32.1 Å². The maximum atomic E-state index is 15.5. The molecule has 1 spiro atoms. The van der Waals surface area contributed by atoms with Crippen LogP contribution in [0.25, 0.3) is 0 Å². The molecule has 4 aliphatic carbocycles. The molecule has 2 heterocycles. The van der Waals surface area contributed by atoms with Crippen LogP contribution in [0.4, 0.5) is 35.1 Å². The van der Waals surface area contributed by atoms with Gasteiger partial charge >= 0.3 is 12.4 Å². The molecule has 6 aliphatic rings. The first-order valence-corrected chi connectivity index (χ1v) is 36.2. The number of nitrogens with zero attached hydrogens (tertiary/aromatic N) is 8. The number of carbonyl (C=O) groups is 11. The van der Waals surface area contributed by atoms with E-state index in [9.17, 15) is 59.9 Å². The number of hydrogen-bond donors (Lipinski definition) is 3. The molecule has 6 fully saturated rings. The Balaban J connectivity index is 1.42. The van der Waals surface area contributed by atoms with Crippen molar-refractivity contribution in [2.75, 3.05) is 82.1 Å². The lowest BCUT2D eigenvalue weighted by atomic mass is 9.76. The first-order chi connectivity index (χ1) is 47.2. The molecule has 0 bridgehead atoms. The number of nitrogens with one attached hydrogen (secondary N) is 3. The van der Waals surface area contributed by atoms with E-state index in [-0.39, 0.29) is 95.6 Å². The molecule has 101 heavy (non-hydrogen) atoms. The fraction of sp³-hybridized carbons (Fsp3) is 0.843. The van der Waals surface area contributed by atoms with E-state index in [1.54, 1.807) is 27.7 Å². The monoisotopic (exact) mass is 1450 g/mol. The Kier molecular flexibility index (Phi) is 29.6. The maximum Gasteiger partial charge on any atom is 0.397 e. The minimum Gasteiger partial charge on any atom is -0.377 e. The summed E-state index contributed by atoms with van der Waals surface area (Å²) in [6, 6.07) is -8.80. The highest BCUT2D eigenvalue weighted by Crippen LogP contribution is 2.45. The summed E-state index contributed by atoms with van der Waals surface area (Å²) in [7, 11) is 9.51. The van der Waals surface area contributed by atoms with Crippen LogP contribution in [0.3, 0.4) is 0 Å². The highest BCUT2D eigenvalue weighted by atomic mass is 19.4. The van der Waals surface area contributed by atoms with Gasteiger partial charge in [0.05, 0.1) is 31.7 Å². The van der Waals surface area contributed by atoms with Gasteiger partial charge in [0.25, 0.3) is 0 Å². The van der Waals surface area contributed by atoms with Crippen molar-refractivity contribution < 1.29 is 92.6 Å². The fourth-order valence-corrected chi connectivity index (χ4v) is 15.9. The normalized spacial score (nSPS) is 31.9. The van der Waals surface area contributed by atoms with Crippen LogP contribution < -0.4 is 16.0 Å². The molecule has 31 heteroatoms. The lowest BCUT2D eigenvalue weighted by Crippen LogP contribution is -2.64. The standard InChI is InChI=1S/C70H111F8N11O12/c1-14-41(5)59-65(98)84(9)38-56(92)82(7)39-57(93)87(12)53(34-43-22-25-46(26-23-43)69(73,74)75)64(97)83(8)37-54(90)79-50(27-24-44-32-48(71)58(49(72)33-44)70(76,77)78)63(96)89-36-47(101-15-2)35-52(89)62(95)81-68(28-18-19-29-68)67(100)88(13)60(45-20-16-17-21-45)66(99)85(10)42(6)31-55(91)86(11)51(30-40(3)4)61(94)80-59/h40-53,58-60H,14-39H2,1-13H3,(H,79,90)(H,80,94)(H,81,95)/t41-,42+,43?,44?,46?,47+,48?,49?,50-,51-,52-,53-,58?,59-,60-/m0/s1. The van der Waals surface area contributed by atoms with Gasteiger partial charge in [0.2, 0.25) is 65.0 Å². The van der Waals surface area contributed by atoms with Crippen LogP contribution in [0.15, 0.2) is 0 Å². The summed E-state index contributed by atoms with van der Waals surface area (Å²) in [6.07, 6.45) is -14.8. The summed E-state index contributed by atoms with van der Waals surface area (Å²) >= 11 is 0. The maximum absolute atomic E-state index is 15.5. The summed E-state index contributed by atoms with van der Waals surface area (Å²) in [6.45, 7) is 8.25. The molecule has 11 amide bonds. The Hall–Kier alpha value is -6.43. The van der Waals surface area contributed by atoms with E-state index in [1.807, 2.05) is 13.8 Å². The lowest BCUT2D eigenvalue weighted by Gasteiger charge is -2.41. The molecule has 2 aliphatic heterocycles. The van der Waals surface area contributed by atoms with Crippen molar-refractivity contribution in [3.05, 3.63) is 0 Å². The van der Waals surface area contributed by atoms with Gasteiger partial charge in [0.15, 0.2) is 0 Å². The van der Waals surface area contributed by atoms with Crippen LogP contribution in [0.2, 0.25) is 0 Å². The molecule has 2 saturated heterocycles. The van der Waals surface area contributed by atoms with Gasteiger partial charge in [0.1, 0.15) is 60.1 Å². The third kappa shape index (κ3) is 21.2. The van der Waals surface area contributed by atoms with Gasteiger partial charge in [-0.25, -0.2) is 8.78 Å². The number of halogens is 8. The minimum atomic E-state index is -5.20. The van der Waals surface area contributed by atoms with E-state index < -0.39 is 212 Å². The van der Waals surface area contributed by atoms with Crippen molar-refractivity contribution in [1.29, 1.82) is 0 Å². The largest absolute Gasteiger partial charge is 0.397 e. The Morgan fingerprint density at radius 3 is 1.71 bits per heavy atom. The quantitative estimate of drug-likeness (QED) is 0.175. The molecular formula is C70H111F8N11O12. The van der Waals surface area contributed by atoms with E-state index >= 15 is 28.0 Å².